The molecule has 1 aromatic heterocycles. The van der Waals surface area contributed by atoms with Gasteiger partial charge in [-0.25, -0.2) is 9.37 Å². The maximum atomic E-state index is 13.9. The number of rotatable bonds is 6. The lowest BCUT2D eigenvalue weighted by atomic mass is 10.0. The molecular formula is C23H30FN5O3S. The molecule has 0 bridgehead atoms. The van der Waals surface area contributed by atoms with Crippen LogP contribution in [0.3, 0.4) is 0 Å². The topological polar surface area (TPSA) is 78.0 Å². The van der Waals surface area contributed by atoms with Gasteiger partial charge in [-0.2, -0.15) is 0 Å². The number of nitrogens with one attached hydrogen (secondary N) is 1. The minimum Gasteiger partial charge on any atom is -0.494 e. The molecule has 10 heteroatoms. The second-order valence-electron chi connectivity index (χ2n) is 8.58. The quantitative estimate of drug-likeness (QED) is 0.691. The normalized spacial score (nSPS) is 18.3. The Morgan fingerprint density at radius 3 is 2.58 bits per heavy atom. The summed E-state index contributed by atoms with van der Waals surface area (Å²) < 4.78 is 18.7. The summed E-state index contributed by atoms with van der Waals surface area (Å²) in [4.78, 5) is 36.3. The average Bonchev–Trinajstić information content (AvgIpc) is 3.26. The molecule has 33 heavy (non-hydrogen) atoms. The van der Waals surface area contributed by atoms with Gasteiger partial charge >= 0.3 is 0 Å². The van der Waals surface area contributed by atoms with E-state index in [0.717, 1.165) is 45.3 Å². The number of hydrogen-bond acceptors (Lipinski definition) is 7. The van der Waals surface area contributed by atoms with E-state index in [0.29, 0.717) is 16.9 Å². The molecule has 0 saturated carbocycles. The predicted molar refractivity (Wildman–Crippen MR) is 125 cm³/mol. The van der Waals surface area contributed by atoms with Gasteiger partial charge < -0.3 is 14.5 Å². The molecule has 0 unspecified atom stereocenters. The Hall–Kier alpha value is -2.56. The summed E-state index contributed by atoms with van der Waals surface area (Å²) in [5.74, 6) is -0.937. The van der Waals surface area contributed by atoms with Gasteiger partial charge in [0.1, 0.15) is 0 Å². The number of halogens is 1. The third kappa shape index (κ3) is 5.87. The predicted octanol–water partition coefficient (Wildman–Crippen LogP) is 2.32. The highest BCUT2D eigenvalue weighted by Crippen LogP contribution is 2.21. The van der Waals surface area contributed by atoms with Crippen molar-refractivity contribution in [2.45, 2.75) is 25.3 Å². The molecule has 178 valence electrons. The number of aromatic nitrogens is 1. The van der Waals surface area contributed by atoms with Crippen LogP contribution in [0.25, 0.3) is 0 Å². The first-order valence-electron chi connectivity index (χ1n) is 11.2. The first kappa shape index (κ1) is 23.6. The SMILES string of the molecule is COc1ccc(C(=O)Nc2nc(CC(=O)N3CCN(C4CCN(C)CC4)CC3)cs2)cc1F. The van der Waals surface area contributed by atoms with Crippen LogP contribution in [0.4, 0.5) is 9.52 Å². The minimum absolute atomic E-state index is 0.0541. The Labute approximate surface area is 197 Å². The Morgan fingerprint density at radius 1 is 1.18 bits per heavy atom. The summed E-state index contributed by atoms with van der Waals surface area (Å²) >= 11 is 1.25. The van der Waals surface area contributed by atoms with E-state index < -0.39 is 11.7 Å². The Bertz CT molecular complexity index is 984. The molecule has 3 heterocycles. The summed E-state index contributed by atoms with van der Waals surface area (Å²) in [6.45, 7) is 5.58. The molecular weight excluding hydrogens is 445 g/mol. The molecule has 0 aliphatic carbocycles. The fourth-order valence-electron chi connectivity index (χ4n) is 4.39. The fraction of sp³-hybridized carbons (Fsp3) is 0.522. The summed E-state index contributed by atoms with van der Waals surface area (Å²) in [5.41, 5.74) is 0.794. The van der Waals surface area contributed by atoms with Crippen molar-refractivity contribution in [2.24, 2.45) is 0 Å². The number of benzene rings is 1. The maximum Gasteiger partial charge on any atom is 0.257 e. The van der Waals surface area contributed by atoms with E-state index in [9.17, 15) is 14.0 Å². The van der Waals surface area contributed by atoms with Crippen LogP contribution in [0.15, 0.2) is 23.6 Å². The Morgan fingerprint density at radius 2 is 1.91 bits per heavy atom. The Kier molecular flexibility index (Phi) is 7.56. The highest BCUT2D eigenvalue weighted by atomic mass is 32.1. The second kappa shape index (κ2) is 10.6. The zero-order chi connectivity index (χ0) is 23.4. The van der Waals surface area contributed by atoms with Crippen molar-refractivity contribution < 1.29 is 18.7 Å². The van der Waals surface area contributed by atoms with Crippen molar-refractivity contribution in [3.05, 3.63) is 40.7 Å². The number of anilines is 1. The van der Waals surface area contributed by atoms with Crippen molar-refractivity contribution in [3.63, 3.8) is 0 Å². The largest absolute Gasteiger partial charge is 0.494 e. The van der Waals surface area contributed by atoms with Crippen LogP contribution in [0, 0.1) is 5.82 Å². The van der Waals surface area contributed by atoms with Crippen LogP contribution >= 0.6 is 11.3 Å². The molecule has 0 atom stereocenters. The first-order valence-corrected chi connectivity index (χ1v) is 12.1. The van der Waals surface area contributed by atoms with Crippen molar-refractivity contribution in [2.75, 3.05) is 58.7 Å². The van der Waals surface area contributed by atoms with Gasteiger partial charge in [-0.1, -0.05) is 0 Å². The standard InChI is InChI=1S/C23H30FN5O3S/c1-27-7-5-18(6-8-27)28-9-11-29(12-10-28)21(30)14-17-15-33-23(25-17)26-22(31)16-3-4-20(32-2)19(24)13-16/h3-4,13,15,18H,5-12,14H2,1-2H3,(H,25,26,31). The van der Waals surface area contributed by atoms with Crippen LogP contribution in [-0.4, -0.2) is 91.0 Å². The molecule has 2 fully saturated rings. The monoisotopic (exact) mass is 475 g/mol. The van der Waals surface area contributed by atoms with E-state index in [-0.39, 0.29) is 23.6 Å². The van der Waals surface area contributed by atoms with E-state index in [1.54, 1.807) is 5.38 Å². The average molecular weight is 476 g/mol. The summed E-state index contributed by atoms with van der Waals surface area (Å²) in [6.07, 6.45) is 2.60. The molecule has 0 radical (unpaired) electrons. The molecule has 4 rings (SSSR count). The summed E-state index contributed by atoms with van der Waals surface area (Å²) in [5, 5.41) is 4.82. The minimum atomic E-state index is -0.605. The van der Waals surface area contributed by atoms with Gasteiger partial charge in [0, 0.05) is 43.2 Å². The number of piperazine rings is 1. The zero-order valence-corrected chi connectivity index (χ0v) is 19.9. The third-order valence-electron chi connectivity index (χ3n) is 6.39. The number of carbonyl (C=O) groups excluding carboxylic acids is 2. The molecule has 0 spiro atoms. The van der Waals surface area contributed by atoms with E-state index in [1.165, 1.54) is 43.4 Å². The number of thiazole rings is 1. The molecule has 2 amide bonds. The Balaban J connectivity index is 1.26. The third-order valence-corrected chi connectivity index (χ3v) is 7.20. The van der Waals surface area contributed by atoms with Crippen molar-refractivity contribution in [1.29, 1.82) is 0 Å². The number of methoxy groups -OCH3 is 1. The van der Waals surface area contributed by atoms with Crippen molar-refractivity contribution in [1.82, 2.24) is 19.7 Å². The van der Waals surface area contributed by atoms with Crippen LogP contribution in [0.5, 0.6) is 5.75 Å². The number of amides is 2. The molecule has 8 nitrogen and oxygen atoms in total. The van der Waals surface area contributed by atoms with Crippen LogP contribution in [-0.2, 0) is 11.2 Å². The molecule has 1 aromatic carbocycles. The highest BCUT2D eigenvalue weighted by Gasteiger charge is 2.28. The van der Waals surface area contributed by atoms with Gasteiger partial charge in [0.2, 0.25) is 5.91 Å². The second-order valence-corrected chi connectivity index (χ2v) is 9.43. The molecule has 2 saturated heterocycles. The summed E-state index contributed by atoms with van der Waals surface area (Å²) in [6, 6.07) is 4.64. The van der Waals surface area contributed by atoms with Crippen molar-refractivity contribution >= 4 is 28.3 Å². The van der Waals surface area contributed by atoms with Gasteiger partial charge in [0.05, 0.1) is 19.2 Å². The van der Waals surface area contributed by atoms with E-state index in [1.807, 2.05) is 4.90 Å². The van der Waals surface area contributed by atoms with Gasteiger partial charge in [-0.3, -0.25) is 19.8 Å². The molecule has 2 aromatic rings. The van der Waals surface area contributed by atoms with Crippen molar-refractivity contribution in [3.8, 4) is 5.75 Å². The number of piperidine rings is 1. The number of likely N-dealkylation sites (tertiary alicyclic amines) is 1. The maximum absolute atomic E-state index is 13.9. The lowest BCUT2D eigenvalue weighted by Crippen LogP contribution is -2.54. The molecule has 1 N–H and O–H groups in total. The lowest BCUT2D eigenvalue weighted by molar-refractivity contribution is -0.132. The first-order chi connectivity index (χ1) is 15.9. The van der Waals surface area contributed by atoms with Gasteiger partial charge in [-0.05, 0) is 51.2 Å². The number of carbonyl (C=O) groups is 2. The number of nitrogens with zero attached hydrogens (tertiary/aromatic N) is 4. The van der Waals surface area contributed by atoms with Gasteiger partial charge in [0.15, 0.2) is 16.7 Å². The highest BCUT2D eigenvalue weighted by molar-refractivity contribution is 7.14. The molecule has 2 aliphatic heterocycles. The van der Waals surface area contributed by atoms with Gasteiger partial charge in [-0.15, -0.1) is 11.3 Å². The number of hydrogen-bond donors (Lipinski definition) is 1. The van der Waals surface area contributed by atoms with E-state index in [2.05, 4.69) is 27.1 Å². The van der Waals surface area contributed by atoms with E-state index >= 15 is 0 Å². The lowest BCUT2D eigenvalue weighted by Gasteiger charge is -2.42. The summed E-state index contributed by atoms with van der Waals surface area (Å²) in [7, 11) is 3.53. The number of ether oxygens (including phenoxy) is 1. The smallest absolute Gasteiger partial charge is 0.257 e. The van der Waals surface area contributed by atoms with Crippen LogP contribution in [0.2, 0.25) is 0 Å². The zero-order valence-electron chi connectivity index (χ0n) is 19.1. The van der Waals surface area contributed by atoms with E-state index in [4.69, 9.17) is 4.74 Å². The molecule has 2 aliphatic rings. The van der Waals surface area contributed by atoms with Gasteiger partial charge in [0.25, 0.3) is 5.91 Å². The fourth-order valence-corrected chi connectivity index (χ4v) is 5.09. The van der Waals surface area contributed by atoms with Crippen LogP contribution in [0.1, 0.15) is 28.9 Å². The van der Waals surface area contributed by atoms with Crippen LogP contribution < -0.4 is 10.1 Å².